The van der Waals surface area contributed by atoms with Gasteiger partial charge in [-0.15, -0.1) is 0 Å². The highest BCUT2D eigenvalue weighted by molar-refractivity contribution is 7.90. The smallest absolute Gasteiger partial charge is 0.421 e. The highest BCUT2D eigenvalue weighted by Crippen LogP contribution is 2.06. The standard InChI is InChI=1S/C10H11NO4S/c1-2-8-15-10(12)11-16(13,14)9-6-4-3-5-7-9/h2-7H,1,8H2,(H,11,12). The first-order valence-corrected chi connectivity index (χ1v) is 5.90. The maximum atomic E-state index is 11.6. The Bertz CT molecular complexity index is 467. The van der Waals surface area contributed by atoms with E-state index in [-0.39, 0.29) is 11.5 Å². The van der Waals surface area contributed by atoms with Crippen molar-refractivity contribution in [3.05, 3.63) is 43.0 Å². The van der Waals surface area contributed by atoms with Crippen LogP contribution in [0.25, 0.3) is 0 Å². The van der Waals surface area contributed by atoms with E-state index in [2.05, 4.69) is 11.3 Å². The molecular weight excluding hydrogens is 230 g/mol. The van der Waals surface area contributed by atoms with Gasteiger partial charge in [0.05, 0.1) is 4.90 Å². The number of ether oxygens (including phenoxy) is 1. The molecule has 0 aliphatic heterocycles. The van der Waals surface area contributed by atoms with E-state index < -0.39 is 16.1 Å². The van der Waals surface area contributed by atoms with Gasteiger partial charge in [-0.25, -0.2) is 17.9 Å². The molecule has 0 atom stereocenters. The fourth-order valence-electron chi connectivity index (χ4n) is 0.932. The molecule has 1 rings (SSSR count). The fraction of sp³-hybridized carbons (Fsp3) is 0.100. The zero-order chi connectivity index (χ0) is 12.0. The summed E-state index contributed by atoms with van der Waals surface area (Å²) in [6, 6.07) is 7.55. The summed E-state index contributed by atoms with van der Waals surface area (Å²) in [6.45, 7) is 3.29. The Morgan fingerprint density at radius 3 is 2.56 bits per heavy atom. The van der Waals surface area contributed by atoms with E-state index in [1.54, 1.807) is 22.9 Å². The Labute approximate surface area is 93.8 Å². The number of carbonyl (C=O) groups excluding carboxylic acids is 1. The molecule has 6 heteroatoms. The minimum atomic E-state index is -3.85. The lowest BCUT2D eigenvalue weighted by Gasteiger charge is -2.06. The predicted molar refractivity (Wildman–Crippen MR) is 58.3 cm³/mol. The van der Waals surface area contributed by atoms with Crippen molar-refractivity contribution in [2.75, 3.05) is 6.61 Å². The third-order valence-corrected chi connectivity index (χ3v) is 2.93. The lowest BCUT2D eigenvalue weighted by molar-refractivity contribution is 0.165. The second-order valence-corrected chi connectivity index (χ2v) is 4.49. The number of sulfonamides is 1. The lowest BCUT2D eigenvalue weighted by atomic mass is 10.4. The van der Waals surface area contributed by atoms with E-state index in [0.29, 0.717) is 0 Å². The summed E-state index contributed by atoms with van der Waals surface area (Å²) in [7, 11) is -3.85. The van der Waals surface area contributed by atoms with Crippen LogP contribution in [0.3, 0.4) is 0 Å². The van der Waals surface area contributed by atoms with Crippen molar-refractivity contribution in [2.24, 2.45) is 0 Å². The van der Waals surface area contributed by atoms with Crippen LogP contribution in [-0.4, -0.2) is 21.1 Å². The van der Waals surface area contributed by atoms with Crippen LogP contribution in [0, 0.1) is 0 Å². The van der Waals surface area contributed by atoms with Gasteiger partial charge >= 0.3 is 6.09 Å². The first-order chi connectivity index (χ1) is 7.56. The van der Waals surface area contributed by atoms with Crippen LogP contribution in [0.2, 0.25) is 0 Å². The molecule has 0 radical (unpaired) electrons. The fourth-order valence-corrected chi connectivity index (χ4v) is 1.84. The van der Waals surface area contributed by atoms with E-state index in [9.17, 15) is 13.2 Å². The topological polar surface area (TPSA) is 72.5 Å². The van der Waals surface area contributed by atoms with E-state index in [4.69, 9.17) is 0 Å². The summed E-state index contributed by atoms with van der Waals surface area (Å²) in [6.07, 6.45) is 0.318. The molecule has 1 amide bonds. The van der Waals surface area contributed by atoms with Crippen molar-refractivity contribution in [1.29, 1.82) is 0 Å². The molecule has 0 saturated heterocycles. The minimum absolute atomic E-state index is 0.00514. The van der Waals surface area contributed by atoms with Gasteiger partial charge in [0.1, 0.15) is 6.61 Å². The molecule has 0 spiro atoms. The number of hydrogen-bond donors (Lipinski definition) is 1. The molecule has 0 fully saturated rings. The summed E-state index contributed by atoms with van der Waals surface area (Å²) in [5, 5.41) is 0. The maximum absolute atomic E-state index is 11.6. The van der Waals surface area contributed by atoms with Gasteiger partial charge in [-0.05, 0) is 12.1 Å². The van der Waals surface area contributed by atoms with Crippen molar-refractivity contribution in [2.45, 2.75) is 4.90 Å². The third-order valence-electron chi connectivity index (χ3n) is 1.60. The Kier molecular flexibility index (Phi) is 4.07. The number of hydrogen-bond acceptors (Lipinski definition) is 4. The van der Waals surface area contributed by atoms with Crippen molar-refractivity contribution in [3.8, 4) is 0 Å². The average molecular weight is 241 g/mol. The third kappa shape index (κ3) is 3.39. The van der Waals surface area contributed by atoms with E-state index in [1.807, 2.05) is 0 Å². The summed E-state index contributed by atoms with van der Waals surface area (Å²) < 4.78 is 29.4. The Hall–Kier alpha value is -1.82. The van der Waals surface area contributed by atoms with Gasteiger partial charge in [0.15, 0.2) is 0 Å². The monoisotopic (exact) mass is 241 g/mol. The van der Waals surface area contributed by atoms with E-state index >= 15 is 0 Å². The zero-order valence-corrected chi connectivity index (χ0v) is 9.24. The molecule has 1 aromatic rings. The quantitative estimate of drug-likeness (QED) is 0.806. The molecule has 1 aromatic carbocycles. The number of carbonyl (C=O) groups is 1. The van der Waals surface area contributed by atoms with E-state index in [0.717, 1.165) is 0 Å². The molecule has 0 heterocycles. The van der Waals surface area contributed by atoms with Gasteiger partial charge in [0.2, 0.25) is 0 Å². The molecule has 86 valence electrons. The van der Waals surface area contributed by atoms with Crippen LogP contribution < -0.4 is 4.72 Å². The molecule has 0 aromatic heterocycles. The highest BCUT2D eigenvalue weighted by Gasteiger charge is 2.17. The number of benzene rings is 1. The van der Waals surface area contributed by atoms with Crippen LogP contribution in [0.4, 0.5) is 4.79 Å². The summed E-state index contributed by atoms with van der Waals surface area (Å²) in [5.41, 5.74) is 0. The molecule has 0 unspecified atom stereocenters. The predicted octanol–water partition coefficient (Wildman–Crippen LogP) is 1.29. The molecule has 5 nitrogen and oxygen atoms in total. The van der Waals surface area contributed by atoms with Gasteiger partial charge in [-0.3, -0.25) is 0 Å². The summed E-state index contributed by atoms with van der Waals surface area (Å²) in [4.78, 5) is 11.0. The molecular formula is C10H11NO4S. The molecule has 16 heavy (non-hydrogen) atoms. The Balaban J connectivity index is 2.73. The van der Waals surface area contributed by atoms with Crippen molar-refractivity contribution >= 4 is 16.1 Å². The maximum Gasteiger partial charge on any atom is 0.421 e. The number of rotatable bonds is 4. The lowest BCUT2D eigenvalue weighted by Crippen LogP contribution is -2.31. The summed E-state index contributed by atoms with van der Waals surface area (Å²) >= 11 is 0. The first-order valence-electron chi connectivity index (χ1n) is 4.42. The highest BCUT2D eigenvalue weighted by atomic mass is 32.2. The Morgan fingerprint density at radius 2 is 2.00 bits per heavy atom. The van der Waals surface area contributed by atoms with E-state index in [1.165, 1.54) is 18.2 Å². The van der Waals surface area contributed by atoms with Crippen LogP contribution in [0.1, 0.15) is 0 Å². The van der Waals surface area contributed by atoms with Gasteiger partial charge in [0.25, 0.3) is 10.0 Å². The first kappa shape index (κ1) is 12.3. The van der Waals surface area contributed by atoms with Gasteiger partial charge in [-0.1, -0.05) is 30.9 Å². The number of amides is 1. The van der Waals surface area contributed by atoms with Crippen LogP contribution in [0.5, 0.6) is 0 Å². The Morgan fingerprint density at radius 1 is 1.38 bits per heavy atom. The van der Waals surface area contributed by atoms with Crippen molar-refractivity contribution in [1.82, 2.24) is 4.72 Å². The average Bonchev–Trinajstić information content (AvgIpc) is 2.27. The van der Waals surface area contributed by atoms with Gasteiger partial charge in [-0.2, -0.15) is 0 Å². The van der Waals surface area contributed by atoms with Crippen molar-refractivity contribution < 1.29 is 17.9 Å². The van der Waals surface area contributed by atoms with Crippen LogP contribution >= 0.6 is 0 Å². The number of nitrogens with one attached hydrogen (secondary N) is 1. The molecule has 1 N–H and O–H groups in total. The summed E-state index contributed by atoms with van der Waals surface area (Å²) in [5.74, 6) is 0. The van der Waals surface area contributed by atoms with Crippen LogP contribution in [-0.2, 0) is 14.8 Å². The zero-order valence-electron chi connectivity index (χ0n) is 8.42. The normalized spacial score (nSPS) is 10.5. The molecule has 0 aliphatic rings. The van der Waals surface area contributed by atoms with Crippen molar-refractivity contribution in [3.63, 3.8) is 0 Å². The SMILES string of the molecule is C=CCOC(=O)NS(=O)(=O)c1ccccc1. The second kappa shape index (κ2) is 5.32. The van der Waals surface area contributed by atoms with Gasteiger partial charge < -0.3 is 4.74 Å². The largest absolute Gasteiger partial charge is 0.445 e. The van der Waals surface area contributed by atoms with Crippen LogP contribution in [0.15, 0.2) is 47.9 Å². The van der Waals surface area contributed by atoms with Gasteiger partial charge in [0, 0.05) is 0 Å². The molecule has 0 saturated carbocycles. The second-order valence-electron chi connectivity index (χ2n) is 2.81. The molecule has 0 bridgehead atoms. The minimum Gasteiger partial charge on any atom is -0.445 e. The molecule has 0 aliphatic carbocycles.